The number of Topliss-reactive ketones (excluding diaryl/α,β-unsaturated/α-hetero) is 1. The number of ketones is 1. The molecule has 1 N–H and O–H groups in total. The molecule has 5 heteroatoms. The zero-order valence-corrected chi connectivity index (χ0v) is 12.6. The SMILES string of the molecule is COc1c(C(=O)CC(C)C)c(=O)[nH]c2c(OC)cccc12. The highest BCUT2D eigenvalue weighted by Crippen LogP contribution is 2.32. The van der Waals surface area contributed by atoms with E-state index in [1.54, 1.807) is 18.2 Å². The van der Waals surface area contributed by atoms with E-state index in [-0.39, 0.29) is 17.3 Å². The molecule has 0 aliphatic heterocycles. The van der Waals surface area contributed by atoms with Gasteiger partial charge in [-0.1, -0.05) is 19.9 Å². The maximum absolute atomic E-state index is 12.3. The first-order valence-electron chi connectivity index (χ1n) is 6.79. The number of hydrogen-bond donors (Lipinski definition) is 1. The number of nitrogens with one attached hydrogen (secondary N) is 1. The van der Waals surface area contributed by atoms with Crippen molar-refractivity contribution >= 4 is 16.7 Å². The summed E-state index contributed by atoms with van der Waals surface area (Å²) in [6, 6.07) is 5.32. The maximum atomic E-state index is 12.3. The van der Waals surface area contributed by atoms with E-state index in [9.17, 15) is 9.59 Å². The minimum absolute atomic E-state index is 0.0759. The summed E-state index contributed by atoms with van der Waals surface area (Å²) in [5.74, 6) is 0.791. The summed E-state index contributed by atoms with van der Waals surface area (Å²) in [7, 11) is 2.98. The van der Waals surface area contributed by atoms with Crippen molar-refractivity contribution in [2.24, 2.45) is 5.92 Å². The van der Waals surface area contributed by atoms with Gasteiger partial charge in [0.25, 0.3) is 5.56 Å². The summed E-state index contributed by atoms with van der Waals surface area (Å²) in [5, 5.41) is 0.656. The van der Waals surface area contributed by atoms with E-state index in [2.05, 4.69) is 4.98 Å². The highest BCUT2D eigenvalue weighted by molar-refractivity contribution is 6.04. The van der Waals surface area contributed by atoms with Crippen molar-refractivity contribution in [3.8, 4) is 11.5 Å². The van der Waals surface area contributed by atoms with E-state index in [0.29, 0.717) is 28.8 Å². The third-order valence-electron chi connectivity index (χ3n) is 3.26. The van der Waals surface area contributed by atoms with Crippen LogP contribution in [-0.4, -0.2) is 25.0 Å². The first-order chi connectivity index (χ1) is 9.99. The molecule has 2 aromatic rings. The van der Waals surface area contributed by atoms with Gasteiger partial charge in [0, 0.05) is 11.8 Å². The van der Waals surface area contributed by atoms with Crippen molar-refractivity contribution in [1.82, 2.24) is 4.98 Å². The van der Waals surface area contributed by atoms with Crippen LogP contribution in [0.1, 0.15) is 30.6 Å². The number of aromatic amines is 1. The Bertz CT molecular complexity index is 731. The average Bonchev–Trinajstić information content (AvgIpc) is 2.44. The lowest BCUT2D eigenvalue weighted by Gasteiger charge is -2.13. The zero-order chi connectivity index (χ0) is 15.6. The molecule has 0 bridgehead atoms. The number of pyridine rings is 1. The molecule has 0 fully saturated rings. The topological polar surface area (TPSA) is 68.4 Å². The fourth-order valence-corrected chi connectivity index (χ4v) is 2.37. The maximum Gasteiger partial charge on any atom is 0.263 e. The molecule has 0 aliphatic rings. The van der Waals surface area contributed by atoms with E-state index in [1.807, 2.05) is 13.8 Å². The number of hydrogen-bond acceptors (Lipinski definition) is 4. The van der Waals surface area contributed by atoms with Crippen molar-refractivity contribution in [3.05, 3.63) is 34.1 Å². The predicted octanol–water partition coefficient (Wildman–Crippen LogP) is 2.77. The van der Waals surface area contributed by atoms with Crippen LogP contribution in [-0.2, 0) is 0 Å². The number of carbonyl (C=O) groups excluding carboxylic acids is 1. The minimum atomic E-state index is -0.450. The van der Waals surface area contributed by atoms with E-state index < -0.39 is 5.56 Å². The van der Waals surface area contributed by atoms with Gasteiger partial charge in [0.15, 0.2) is 5.78 Å². The number of methoxy groups -OCH3 is 2. The Hall–Kier alpha value is -2.30. The summed E-state index contributed by atoms with van der Waals surface area (Å²) in [6.45, 7) is 3.87. The highest BCUT2D eigenvalue weighted by atomic mass is 16.5. The van der Waals surface area contributed by atoms with Gasteiger partial charge in [0.2, 0.25) is 0 Å². The molecule has 0 amide bonds. The second-order valence-corrected chi connectivity index (χ2v) is 5.27. The van der Waals surface area contributed by atoms with E-state index in [4.69, 9.17) is 9.47 Å². The Kier molecular flexibility index (Phi) is 4.31. The smallest absolute Gasteiger partial charge is 0.263 e. The van der Waals surface area contributed by atoms with Gasteiger partial charge in [-0.05, 0) is 18.1 Å². The molecule has 0 saturated heterocycles. The molecule has 0 spiro atoms. The predicted molar refractivity (Wildman–Crippen MR) is 81.5 cm³/mol. The van der Waals surface area contributed by atoms with Crippen LogP contribution in [0.4, 0.5) is 0 Å². The Balaban J connectivity index is 2.76. The van der Waals surface area contributed by atoms with E-state index >= 15 is 0 Å². The second-order valence-electron chi connectivity index (χ2n) is 5.27. The molecule has 0 saturated carbocycles. The van der Waals surface area contributed by atoms with Gasteiger partial charge in [-0.2, -0.15) is 0 Å². The molecule has 0 aliphatic carbocycles. The number of para-hydroxylation sites is 1. The monoisotopic (exact) mass is 289 g/mol. The zero-order valence-electron chi connectivity index (χ0n) is 12.6. The summed E-state index contributed by atoms with van der Waals surface area (Å²) in [5.41, 5.74) is 0.157. The van der Waals surface area contributed by atoms with Crippen molar-refractivity contribution in [3.63, 3.8) is 0 Å². The first-order valence-corrected chi connectivity index (χ1v) is 6.79. The van der Waals surface area contributed by atoms with Gasteiger partial charge in [0.05, 0.1) is 19.7 Å². The van der Waals surface area contributed by atoms with Crippen molar-refractivity contribution in [2.75, 3.05) is 14.2 Å². The van der Waals surface area contributed by atoms with Crippen molar-refractivity contribution < 1.29 is 14.3 Å². The van der Waals surface area contributed by atoms with Crippen molar-refractivity contribution in [1.29, 1.82) is 0 Å². The molecule has 5 nitrogen and oxygen atoms in total. The van der Waals surface area contributed by atoms with Gasteiger partial charge in [-0.3, -0.25) is 9.59 Å². The number of ether oxygens (including phenoxy) is 2. The normalized spacial score (nSPS) is 10.9. The summed E-state index contributed by atoms with van der Waals surface area (Å²) in [4.78, 5) is 27.3. The molecule has 1 aromatic carbocycles. The molecule has 1 heterocycles. The van der Waals surface area contributed by atoms with Gasteiger partial charge in [0.1, 0.15) is 17.1 Å². The van der Waals surface area contributed by atoms with Crippen LogP contribution in [0.5, 0.6) is 11.5 Å². The van der Waals surface area contributed by atoms with E-state index in [0.717, 1.165) is 0 Å². The molecule has 1 aromatic heterocycles. The lowest BCUT2D eigenvalue weighted by molar-refractivity contribution is 0.0963. The lowest BCUT2D eigenvalue weighted by atomic mass is 10.00. The fraction of sp³-hybridized carbons (Fsp3) is 0.375. The number of H-pyrrole nitrogens is 1. The third kappa shape index (κ3) is 2.77. The fourth-order valence-electron chi connectivity index (χ4n) is 2.37. The summed E-state index contributed by atoms with van der Waals surface area (Å²) in [6.07, 6.45) is 0.301. The van der Waals surface area contributed by atoms with Crippen LogP contribution in [0.25, 0.3) is 10.9 Å². The van der Waals surface area contributed by atoms with E-state index in [1.165, 1.54) is 14.2 Å². The summed E-state index contributed by atoms with van der Waals surface area (Å²) < 4.78 is 10.6. The first kappa shape index (κ1) is 15.1. The molecule has 0 unspecified atom stereocenters. The highest BCUT2D eigenvalue weighted by Gasteiger charge is 2.21. The molecular formula is C16H19NO4. The molecule has 0 atom stereocenters. The molecular weight excluding hydrogens is 270 g/mol. The molecule has 2 rings (SSSR count). The van der Waals surface area contributed by atoms with Gasteiger partial charge >= 0.3 is 0 Å². The minimum Gasteiger partial charge on any atom is -0.495 e. The Morgan fingerprint density at radius 3 is 2.52 bits per heavy atom. The van der Waals surface area contributed by atoms with Gasteiger partial charge in [-0.15, -0.1) is 0 Å². The molecule has 0 radical (unpaired) electrons. The van der Waals surface area contributed by atoms with Crippen molar-refractivity contribution in [2.45, 2.75) is 20.3 Å². The molecule has 112 valence electrons. The van der Waals surface area contributed by atoms with Gasteiger partial charge in [-0.25, -0.2) is 0 Å². The summed E-state index contributed by atoms with van der Waals surface area (Å²) >= 11 is 0. The number of benzene rings is 1. The number of carbonyl (C=O) groups is 1. The van der Waals surface area contributed by atoms with Crippen LogP contribution < -0.4 is 15.0 Å². The average molecular weight is 289 g/mol. The Morgan fingerprint density at radius 1 is 1.24 bits per heavy atom. The van der Waals surface area contributed by atoms with Crippen LogP contribution in [0.3, 0.4) is 0 Å². The number of rotatable bonds is 5. The van der Waals surface area contributed by atoms with Crippen LogP contribution in [0, 0.1) is 5.92 Å². The van der Waals surface area contributed by atoms with Crippen LogP contribution >= 0.6 is 0 Å². The number of aromatic nitrogens is 1. The van der Waals surface area contributed by atoms with Crippen LogP contribution in [0.15, 0.2) is 23.0 Å². The standard InChI is InChI=1S/C16H19NO4/c1-9(2)8-11(18)13-15(21-4)10-6-5-7-12(20-3)14(10)17-16(13)19/h5-7,9H,8H2,1-4H3,(H,17,19). The van der Waals surface area contributed by atoms with Crippen LogP contribution in [0.2, 0.25) is 0 Å². The second kappa shape index (κ2) is 5.99. The Labute approximate surface area is 122 Å². The van der Waals surface area contributed by atoms with Gasteiger partial charge < -0.3 is 14.5 Å². The third-order valence-corrected chi connectivity index (χ3v) is 3.26. The molecule has 21 heavy (non-hydrogen) atoms. The lowest BCUT2D eigenvalue weighted by Crippen LogP contribution is -2.20. The largest absolute Gasteiger partial charge is 0.495 e. The Morgan fingerprint density at radius 2 is 1.95 bits per heavy atom. The quantitative estimate of drug-likeness (QED) is 0.859. The number of fused-ring (bicyclic) bond motifs is 1.